The van der Waals surface area contributed by atoms with Gasteiger partial charge in [-0.3, -0.25) is 4.79 Å². The number of aliphatic carboxylic acids is 1. The number of allylic oxidation sites excluding steroid dienone is 1. The minimum Gasteiger partial charge on any atom is -0.481 e. The van der Waals surface area contributed by atoms with Crippen LogP contribution >= 0.6 is 0 Å². The van der Waals surface area contributed by atoms with Crippen LogP contribution in [0.15, 0.2) is 12.2 Å². The van der Waals surface area contributed by atoms with Crippen molar-refractivity contribution >= 4 is 11.7 Å². The molecule has 1 aliphatic carbocycles. The third-order valence-electron chi connectivity index (χ3n) is 4.80. The van der Waals surface area contributed by atoms with E-state index in [0.29, 0.717) is 31.4 Å². The van der Waals surface area contributed by atoms with E-state index in [9.17, 15) is 15.0 Å². The number of carboxylic acid groups (broad SMARTS) is 1. The van der Waals surface area contributed by atoms with Gasteiger partial charge >= 0.3 is 5.97 Å². The van der Waals surface area contributed by atoms with E-state index < -0.39 is 18.2 Å². The Labute approximate surface area is 145 Å². The lowest BCUT2D eigenvalue weighted by atomic mass is 9.72. The lowest BCUT2D eigenvalue weighted by Gasteiger charge is -2.37. The summed E-state index contributed by atoms with van der Waals surface area (Å²) in [6.07, 6.45) is 10.2. The average molecular weight is 339 g/mol. The Bertz CT molecular complexity index is 422. The molecule has 0 heterocycles. The topological polar surface area (TPSA) is 102 Å². The van der Waals surface area contributed by atoms with Crippen molar-refractivity contribution in [3.8, 4) is 0 Å². The van der Waals surface area contributed by atoms with Crippen LogP contribution in [-0.4, -0.2) is 39.2 Å². The molecule has 0 aromatic rings. The molecule has 0 radical (unpaired) electrons. The first kappa shape index (κ1) is 20.8. The number of unbranched alkanes of at least 4 members (excludes halogenated alkanes) is 4. The van der Waals surface area contributed by atoms with Gasteiger partial charge in [-0.15, -0.1) is 0 Å². The van der Waals surface area contributed by atoms with Crippen molar-refractivity contribution in [2.45, 2.75) is 83.3 Å². The fourth-order valence-corrected chi connectivity index (χ4v) is 3.44. The summed E-state index contributed by atoms with van der Waals surface area (Å²) in [5.41, 5.74) is 0.609. The molecule has 0 saturated heterocycles. The van der Waals surface area contributed by atoms with Gasteiger partial charge in [0, 0.05) is 24.0 Å². The molecular formula is C19H33NO4. The van der Waals surface area contributed by atoms with Gasteiger partial charge in [-0.05, 0) is 38.5 Å². The third-order valence-corrected chi connectivity index (χ3v) is 4.80. The van der Waals surface area contributed by atoms with Crippen LogP contribution in [-0.2, 0) is 4.79 Å². The minimum absolute atomic E-state index is 0.0699. The van der Waals surface area contributed by atoms with E-state index >= 15 is 0 Å². The predicted octanol–water partition coefficient (Wildman–Crippen LogP) is 3.54. The predicted molar refractivity (Wildman–Crippen MR) is 95.3 cm³/mol. The van der Waals surface area contributed by atoms with E-state index in [1.165, 1.54) is 0 Å². The van der Waals surface area contributed by atoms with Gasteiger partial charge in [0.05, 0.1) is 12.2 Å². The van der Waals surface area contributed by atoms with Crippen LogP contribution in [0.5, 0.6) is 0 Å². The second-order valence-electron chi connectivity index (χ2n) is 6.93. The molecule has 2 unspecified atom stereocenters. The molecule has 1 fully saturated rings. The fourth-order valence-electron chi connectivity index (χ4n) is 3.44. The van der Waals surface area contributed by atoms with Crippen molar-refractivity contribution in [1.82, 2.24) is 0 Å². The molecule has 1 rings (SSSR count). The molecule has 138 valence electrons. The van der Waals surface area contributed by atoms with Crippen molar-refractivity contribution in [3.05, 3.63) is 12.2 Å². The highest BCUT2D eigenvalue weighted by Gasteiger charge is 2.36. The Morgan fingerprint density at radius 2 is 1.79 bits per heavy atom. The molecule has 0 aromatic heterocycles. The van der Waals surface area contributed by atoms with E-state index in [2.05, 4.69) is 13.0 Å². The SMILES string of the molecule is CCC/C=C/C1C(C(=N)CCCCCCC(=O)O)C[C@@H](O)C[C@H]1O. The zero-order valence-electron chi connectivity index (χ0n) is 14.8. The Morgan fingerprint density at radius 1 is 1.12 bits per heavy atom. The van der Waals surface area contributed by atoms with Gasteiger partial charge in [-0.25, -0.2) is 0 Å². The number of aliphatic hydroxyl groups is 2. The van der Waals surface area contributed by atoms with Crippen LogP contribution in [0.3, 0.4) is 0 Å². The van der Waals surface area contributed by atoms with E-state index in [0.717, 1.165) is 32.1 Å². The Kier molecular flexibility index (Phi) is 9.88. The number of hydrogen-bond donors (Lipinski definition) is 4. The highest BCUT2D eigenvalue weighted by molar-refractivity contribution is 5.84. The normalized spacial score (nSPS) is 27.5. The molecule has 0 amide bonds. The van der Waals surface area contributed by atoms with Crippen LogP contribution in [0.1, 0.15) is 71.1 Å². The summed E-state index contributed by atoms with van der Waals surface area (Å²) < 4.78 is 0. The van der Waals surface area contributed by atoms with Crippen LogP contribution in [0.25, 0.3) is 0 Å². The first-order valence-electron chi connectivity index (χ1n) is 9.27. The van der Waals surface area contributed by atoms with Crippen molar-refractivity contribution < 1.29 is 20.1 Å². The summed E-state index contributed by atoms with van der Waals surface area (Å²) in [6, 6.07) is 0. The zero-order valence-corrected chi connectivity index (χ0v) is 14.8. The summed E-state index contributed by atoms with van der Waals surface area (Å²) in [5.74, 6) is -0.912. The van der Waals surface area contributed by atoms with Gasteiger partial charge in [0.2, 0.25) is 0 Å². The third kappa shape index (κ3) is 7.58. The summed E-state index contributed by atoms with van der Waals surface area (Å²) in [7, 11) is 0. The van der Waals surface area contributed by atoms with Crippen LogP contribution < -0.4 is 0 Å². The van der Waals surface area contributed by atoms with E-state index in [1.807, 2.05) is 6.08 Å². The van der Waals surface area contributed by atoms with Crippen LogP contribution in [0.4, 0.5) is 0 Å². The molecule has 0 bridgehead atoms. The number of hydrogen-bond acceptors (Lipinski definition) is 4. The molecule has 5 nitrogen and oxygen atoms in total. The van der Waals surface area contributed by atoms with Gasteiger partial charge in [0.15, 0.2) is 0 Å². The molecule has 1 saturated carbocycles. The molecule has 0 aromatic carbocycles. The Balaban J connectivity index is 2.46. The summed E-state index contributed by atoms with van der Waals surface area (Å²) in [4.78, 5) is 10.5. The van der Waals surface area contributed by atoms with Crippen molar-refractivity contribution in [2.24, 2.45) is 11.8 Å². The van der Waals surface area contributed by atoms with E-state index in [-0.39, 0.29) is 18.3 Å². The second kappa shape index (κ2) is 11.4. The molecular weight excluding hydrogens is 306 g/mol. The van der Waals surface area contributed by atoms with Gasteiger partial charge in [-0.2, -0.15) is 0 Å². The molecule has 4 atom stereocenters. The lowest BCUT2D eigenvalue weighted by Crippen LogP contribution is -2.41. The smallest absolute Gasteiger partial charge is 0.303 e. The maximum absolute atomic E-state index is 10.5. The highest BCUT2D eigenvalue weighted by atomic mass is 16.4. The fraction of sp³-hybridized carbons (Fsp3) is 0.789. The van der Waals surface area contributed by atoms with Crippen molar-refractivity contribution in [3.63, 3.8) is 0 Å². The van der Waals surface area contributed by atoms with Gasteiger partial charge < -0.3 is 20.7 Å². The zero-order chi connectivity index (χ0) is 17.9. The number of nitrogens with one attached hydrogen (secondary N) is 1. The number of carbonyl (C=O) groups is 1. The molecule has 1 aliphatic rings. The van der Waals surface area contributed by atoms with Crippen molar-refractivity contribution in [1.29, 1.82) is 5.41 Å². The number of aliphatic hydroxyl groups excluding tert-OH is 2. The van der Waals surface area contributed by atoms with E-state index in [1.54, 1.807) is 0 Å². The van der Waals surface area contributed by atoms with Gasteiger partial charge in [-0.1, -0.05) is 38.3 Å². The standard InChI is InChI=1S/C19H33NO4/c1-2-3-6-9-15-16(12-14(21)13-18(15)22)17(20)10-7-4-5-8-11-19(23)24/h6,9,14-16,18,20-22H,2-5,7-8,10-13H2,1H3,(H,23,24)/b9-6+,20-17?/t14-,15?,16?,18-/m1/s1. The maximum atomic E-state index is 10.5. The highest BCUT2D eigenvalue weighted by Crippen LogP contribution is 2.34. The van der Waals surface area contributed by atoms with Gasteiger partial charge in [0.25, 0.3) is 0 Å². The summed E-state index contributed by atoms with van der Waals surface area (Å²) in [6.45, 7) is 2.11. The maximum Gasteiger partial charge on any atom is 0.303 e. The summed E-state index contributed by atoms with van der Waals surface area (Å²) in [5, 5.41) is 37.2. The van der Waals surface area contributed by atoms with Gasteiger partial charge in [0.1, 0.15) is 0 Å². The quantitative estimate of drug-likeness (QED) is 0.263. The average Bonchev–Trinajstić information content (AvgIpc) is 2.52. The number of rotatable bonds is 11. The minimum atomic E-state index is -0.755. The summed E-state index contributed by atoms with van der Waals surface area (Å²) >= 11 is 0. The molecule has 4 N–H and O–H groups in total. The monoisotopic (exact) mass is 339 g/mol. The second-order valence-corrected chi connectivity index (χ2v) is 6.93. The molecule has 24 heavy (non-hydrogen) atoms. The molecule has 0 spiro atoms. The Morgan fingerprint density at radius 3 is 2.42 bits per heavy atom. The molecule has 5 heteroatoms. The van der Waals surface area contributed by atoms with Crippen molar-refractivity contribution in [2.75, 3.05) is 0 Å². The lowest BCUT2D eigenvalue weighted by molar-refractivity contribution is -0.137. The first-order valence-corrected chi connectivity index (χ1v) is 9.27. The van der Waals surface area contributed by atoms with Crippen LogP contribution in [0, 0.1) is 17.2 Å². The largest absolute Gasteiger partial charge is 0.481 e. The molecule has 0 aliphatic heterocycles. The van der Waals surface area contributed by atoms with Crippen LogP contribution in [0.2, 0.25) is 0 Å². The first-order chi connectivity index (χ1) is 11.5. The Hall–Kier alpha value is -1.20. The van der Waals surface area contributed by atoms with E-state index in [4.69, 9.17) is 10.5 Å². The number of carboxylic acids is 1.